The molecule has 252 valence electrons. The lowest BCUT2D eigenvalue weighted by molar-refractivity contribution is -0.177. The molecule has 6 aliphatic rings. The predicted molar refractivity (Wildman–Crippen MR) is 173 cm³/mol. The van der Waals surface area contributed by atoms with Crippen LogP contribution in [0.1, 0.15) is 92.4 Å². The van der Waals surface area contributed by atoms with E-state index in [1.54, 1.807) is 7.11 Å². The quantitative estimate of drug-likeness (QED) is 0.412. The average Bonchev–Trinajstić information content (AvgIpc) is 2.97. The van der Waals surface area contributed by atoms with Gasteiger partial charge in [0.2, 0.25) is 5.91 Å². The van der Waals surface area contributed by atoms with Crippen LogP contribution in [0.5, 0.6) is 0 Å². The number of aliphatic carboxylic acids is 1. The largest absolute Gasteiger partial charge is 0.481 e. The van der Waals surface area contributed by atoms with E-state index in [-0.39, 0.29) is 63.6 Å². The van der Waals surface area contributed by atoms with Crippen LogP contribution in [0.25, 0.3) is 0 Å². The molecule has 8 nitrogen and oxygen atoms in total. The highest BCUT2D eigenvalue weighted by atomic mass is 16.5. The molecule has 9 unspecified atom stereocenters. The summed E-state index contributed by atoms with van der Waals surface area (Å²) in [5, 5.41) is 9.74. The second-order valence-electron chi connectivity index (χ2n) is 16.9. The maximum absolute atomic E-state index is 14.0. The number of amides is 1. The van der Waals surface area contributed by atoms with Crippen molar-refractivity contribution in [2.75, 3.05) is 46.9 Å². The number of ether oxygens (including phenoxy) is 1. The number of likely N-dealkylation sites (N-methyl/N-ethyl adjacent to an activating group) is 1. The van der Waals surface area contributed by atoms with Crippen LogP contribution in [-0.2, 0) is 23.9 Å². The first kappa shape index (κ1) is 34.3. The van der Waals surface area contributed by atoms with E-state index in [0.717, 1.165) is 83.8 Å². The number of ketones is 1. The molecule has 1 saturated heterocycles. The molecule has 0 spiro atoms. The molecule has 4 saturated carbocycles. The fourth-order valence-corrected chi connectivity index (χ4v) is 11.5. The number of carboxylic acids is 1. The van der Waals surface area contributed by atoms with Gasteiger partial charge in [-0.25, -0.2) is 0 Å². The van der Waals surface area contributed by atoms with E-state index in [4.69, 9.17) is 4.74 Å². The van der Waals surface area contributed by atoms with Crippen molar-refractivity contribution >= 4 is 23.9 Å². The zero-order valence-electron chi connectivity index (χ0n) is 28.9. The minimum Gasteiger partial charge on any atom is -0.481 e. The molecule has 0 aromatic carbocycles. The molecule has 5 aliphatic carbocycles. The Labute approximate surface area is 270 Å². The van der Waals surface area contributed by atoms with Gasteiger partial charge in [-0.2, -0.15) is 0 Å². The topological polar surface area (TPSA) is 104 Å². The van der Waals surface area contributed by atoms with Gasteiger partial charge in [0.25, 0.3) is 0 Å². The minimum absolute atomic E-state index is 0.00703. The highest BCUT2D eigenvalue weighted by Gasteiger charge is 2.66. The molecule has 0 radical (unpaired) electrons. The maximum Gasteiger partial charge on any atom is 0.306 e. The number of fused-ring (bicyclic) bond motifs is 7. The van der Waals surface area contributed by atoms with Gasteiger partial charge in [0.1, 0.15) is 12.9 Å². The number of carbonyl (C=O) groups is 4. The summed E-state index contributed by atoms with van der Waals surface area (Å²) < 4.78 is 4.78. The van der Waals surface area contributed by atoms with E-state index in [9.17, 15) is 24.3 Å². The lowest BCUT2D eigenvalue weighted by atomic mass is 9.36. The Morgan fingerprint density at radius 3 is 2.20 bits per heavy atom. The molecule has 0 aromatic rings. The van der Waals surface area contributed by atoms with Crippen LogP contribution in [-0.4, -0.2) is 85.8 Å². The highest BCUT2D eigenvalue weighted by Crippen LogP contribution is 2.71. The Morgan fingerprint density at radius 1 is 0.933 bits per heavy atom. The molecule has 45 heavy (non-hydrogen) atoms. The van der Waals surface area contributed by atoms with Crippen molar-refractivity contribution in [2.45, 2.75) is 92.4 Å². The van der Waals surface area contributed by atoms with Gasteiger partial charge in [0.15, 0.2) is 5.78 Å². The Bertz CT molecular complexity index is 1210. The van der Waals surface area contributed by atoms with Gasteiger partial charge in [-0.05, 0) is 110 Å². The van der Waals surface area contributed by atoms with Crippen molar-refractivity contribution in [1.29, 1.82) is 0 Å². The van der Waals surface area contributed by atoms with Crippen molar-refractivity contribution in [2.24, 2.45) is 57.2 Å². The Hall–Kier alpha value is -2.06. The number of carboxylic acid groups (broad SMARTS) is 1. The van der Waals surface area contributed by atoms with Gasteiger partial charge in [-0.15, -0.1) is 0 Å². The molecule has 0 aromatic heterocycles. The smallest absolute Gasteiger partial charge is 0.306 e. The molecule has 1 aliphatic heterocycles. The monoisotopic (exact) mass is 626 g/mol. The van der Waals surface area contributed by atoms with Crippen molar-refractivity contribution in [3.05, 3.63) is 11.6 Å². The van der Waals surface area contributed by atoms with Gasteiger partial charge in [0, 0.05) is 45.1 Å². The number of hydrogen-bond donors (Lipinski definition) is 1. The van der Waals surface area contributed by atoms with Crippen molar-refractivity contribution < 1.29 is 29.0 Å². The first-order valence-electron chi connectivity index (χ1n) is 17.5. The summed E-state index contributed by atoms with van der Waals surface area (Å²) >= 11 is 0. The predicted octanol–water partition coefficient (Wildman–Crippen LogP) is 5.49. The first-order chi connectivity index (χ1) is 21.1. The van der Waals surface area contributed by atoms with Crippen molar-refractivity contribution in [1.82, 2.24) is 9.80 Å². The van der Waals surface area contributed by atoms with Crippen LogP contribution in [0.15, 0.2) is 11.6 Å². The number of aldehydes is 1. The number of allylic oxidation sites excluding steroid dienone is 2. The van der Waals surface area contributed by atoms with E-state index in [1.807, 2.05) is 11.0 Å². The van der Waals surface area contributed by atoms with Crippen LogP contribution in [0.2, 0.25) is 0 Å². The van der Waals surface area contributed by atoms with E-state index < -0.39 is 5.97 Å². The molecular weight excluding hydrogens is 568 g/mol. The van der Waals surface area contributed by atoms with E-state index in [0.29, 0.717) is 18.3 Å². The molecule has 1 N–H and O–H groups in total. The van der Waals surface area contributed by atoms with Gasteiger partial charge in [0.05, 0.1) is 5.92 Å². The fraction of sp³-hybridized carbons (Fsp3) is 0.838. The molecule has 0 bridgehead atoms. The fourth-order valence-electron chi connectivity index (χ4n) is 11.5. The Kier molecular flexibility index (Phi) is 9.53. The number of methoxy groups -OCH3 is 1. The maximum atomic E-state index is 14.0. The zero-order valence-corrected chi connectivity index (χ0v) is 28.9. The lowest BCUT2D eigenvalue weighted by Crippen LogP contribution is -2.63. The van der Waals surface area contributed by atoms with Crippen LogP contribution in [0.4, 0.5) is 0 Å². The second kappa shape index (κ2) is 12.5. The van der Waals surface area contributed by atoms with Crippen LogP contribution >= 0.6 is 0 Å². The van der Waals surface area contributed by atoms with Gasteiger partial charge >= 0.3 is 5.97 Å². The molecule has 9 atom stereocenters. The third-order valence-corrected chi connectivity index (χ3v) is 14.2. The summed E-state index contributed by atoms with van der Waals surface area (Å²) in [4.78, 5) is 53.1. The zero-order chi connectivity index (χ0) is 32.9. The third kappa shape index (κ3) is 5.85. The third-order valence-electron chi connectivity index (χ3n) is 14.2. The van der Waals surface area contributed by atoms with Crippen LogP contribution in [0.3, 0.4) is 0 Å². The molecule has 6 rings (SSSR count). The summed E-state index contributed by atoms with van der Waals surface area (Å²) in [6.07, 6.45) is 11.8. The van der Waals surface area contributed by atoms with E-state index >= 15 is 0 Å². The number of nitrogens with zero attached hydrogens (tertiary/aromatic N) is 2. The van der Waals surface area contributed by atoms with Crippen molar-refractivity contribution in [3.8, 4) is 0 Å². The molecular formula is C37H58N2O6. The SMILES string of the molecule is CC12CCC(C(=O)O)CC1C1=CC(=O)C3C(C)(CCC4C(C)(C)C(C=O)CCC43C)C1CC2.COCC(=O)N1CCN(C)CC1. The summed E-state index contributed by atoms with van der Waals surface area (Å²) in [5.74, 6) is 0.512. The molecule has 8 heteroatoms. The average molecular weight is 627 g/mol. The summed E-state index contributed by atoms with van der Waals surface area (Å²) in [6.45, 7) is 15.4. The van der Waals surface area contributed by atoms with Crippen LogP contribution in [0, 0.1) is 57.2 Å². The second-order valence-corrected chi connectivity index (χ2v) is 16.9. The summed E-state index contributed by atoms with van der Waals surface area (Å²) in [7, 11) is 3.62. The molecule has 1 heterocycles. The van der Waals surface area contributed by atoms with Gasteiger partial charge in [-0.3, -0.25) is 14.4 Å². The first-order valence-corrected chi connectivity index (χ1v) is 17.5. The van der Waals surface area contributed by atoms with Gasteiger partial charge < -0.3 is 24.4 Å². The standard InChI is InChI=1S/C29H42O4.C8H16N2O2/c1-26(2)18(16-30)7-12-29(5)23(26)9-13-28(4)20-8-11-27(3)10-6-17(25(32)33)14-21(27)19(20)15-22(31)24(28)29;1-9-3-5-10(6-4-9)8(11)7-12-2/h15-18,20-21,23-24H,6-14H2,1-5H3,(H,32,33);3-7H2,1-2H3. The van der Waals surface area contributed by atoms with E-state index in [2.05, 4.69) is 46.6 Å². The summed E-state index contributed by atoms with van der Waals surface area (Å²) in [6, 6.07) is 0. The Morgan fingerprint density at radius 2 is 1.58 bits per heavy atom. The van der Waals surface area contributed by atoms with Crippen molar-refractivity contribution in [3.63, 3.8) is 0 Å². The number of carbonyl (C=O) groups excluding carboxylic acids is 3. The van der Waals surface area contributed by atoms with Crippen LogP contribution < -0.4 is 0 Å². The van der Waals surface area contributed by atoms with E-state index in [1.165, 1.54) is 5.57 Å². The molecule has 1 amide bonds. The normalized spacial score (nSPS) is 42.4. The molecule has 5 fully saturated rings. The van der Waals surface area contributed by atoms with Gasteiger partial charge in [-0.1, -0.05) is 40.2 Å². The number of rotatable bonds is 4. The highest BCUT2D eigenvalue weighted by molar-refractivity contribution is 5.95. The lowest BCUT2D eigenvalue weighted by Gasteiger charge is -2.67. The number of piperazine rings is 1. The minimum atomic E-state index is -0.673. The summed E-state index contributed by atoms with van der Waals surface area (Å²) in [5.41, 5.74) is 1.20. The number of hydrogen-bond acceptors (Lipinski definition) is 6. The Balaban J connectivity index is 0.000000282.